The zero-order chi connectivity index (χ0) is 14.6. The molecule has 0 aromatic heterocycles. The Morgan fingerprint density at radius 2 is 1.60 bits per heavy atom. The van der Waals surface area contributed by atoms with Crippen LogP contribution in [0.4, 0.5) is 0 Å². The molecule has 4 heteroatoms. The summed E-state index contributed by atoms with van der Waals surface area (Å²) in [5.74, 6) is 1.64. The van der Waals surface area contributed by atoms with E-state index in [4.69, 9.17) is 19.9 Å². The van der Waals surface area contributed by atoms with Crippen LogP contribution in [0.2, 0.25) is 0 Å². The molecule has 2 rings (SSSR count). The summed E-state index contributed by atoms with van der Waals surface area (Å²) < 4.78 is 16.3. The van der Waals surface area contributed by atoms with Crippen molar-refractivity contribution in [1.82, 2.24) is 0 Å². The van der Waals surface area contributed by atoms with E-state index in [1.807, 2.05) is 0 Å². The number of hydrogen-bond donors (Lipinski definition) is 1. The topological polar surface area (TPSA) is 53.7 Å². The largest absolute Gasteiger partial charge is 0.496 e. The Morgan fingerprint density at radius 1 is 1.05 bits per heavy atom. The van der Waals surface area contributed by atoms with Crippen molar-refractivity contribution >= 4 is 0 Å². The summed E-state index contributed by atoms with van der Waals surface area (Å²) in [4.78, 5) is 0. The van der Waals surface area contributed by atoms with E-state index in [9.17, 15) is 0 Å². The summed E-state index contributed by atoms with van der Waals surface area (Å²) in [6.07, 6.45) is 4.75. The lowest BCUT2D eigenvalue weighted by molar-refractivity contribution is 0.178. The molecule has 0 radical (unpaired) electrons. The number of benzene rings is 1. The van der Waals surface area contributed by atoms with Crippen molar-refractivity contribution in [3.8, 4) is 11.5 Å². The van der Waals surface area contributed by atoms with Gasteiger partial charge in [-0.3, -0.25) is 0 Å². The molecule has 0 heterocycles. The Balaban J connectivity index is 2.49. The molecule has 1 aromatic carbocycles. The van der Waals surface area contributed by atoms with Gasteiger partial charge in [0.25, 0.3) is 0 Å². The van der Waals surface area contributed by atoms with E-state index < -0.39 is 0 Å². The Kier molecular flexibility index (Phi) is 4.89. The van der Waals surface area contributed by atoms with Crippen molar-refractivity contribution in [2.45, 2.75) is 37.7 Å². The van der Waals surface area contributed by atoms with Gasteiger partial charge in [0, 0.05) is 19.1 Å². The molecule has 0 amide bonds. The smallest absolute Gasteiger partial charge is 0.128 e. The maximum atomic E-state index is 6.07. The first-order chi connectivity index (χ1) is 9.70. The van der Waals surface area contributed by atoms with Crippen LogP contribution in [0.15, 0.2) is 12.1 Å². The Morgan fingerprint density at radius 3 is 2.00 bits per heavy atom. The van der Waals surface area contributed by atoms with Crippen LogP contribution >= 0.6 is 0 Å². The van der Waals surface area contributed by atoms with Crippen molar-refractivity contribution in [1.29, 1.82) is 0 Å². The SMILES string of the molecule is COCc1c(OC)cc(C2(CN)CCCC2)cc1OC. The fourth-order valence-corrected chi connectivity index (χ4v) is 3.24. The summed E-state index contributed by atoms with van der Waals surface area (Å²) in [5.41, 5.74) is 8.33. The number of ether oxygens (including phenoxy) is 3. The van der Waals surface area contributed by atoms with Crippen LogP contribution in [-0.2, 0) is 16.8 Å². The van der Waals surface area contributed by atoms with Crippen LogP contribution < -0.4 is 15.2 Å². The number of methoxy groups -OCH3 is 3. The third-order valence-electron chi connectivity index (χ3n) is 4.46. The molecule has 1 aliphatic carbocycles. The van der Waals surface area contributed by atoms with Crippen LogP contribution in [0.25, 0.3) is 0 Å². The molecule has 0 aliphatic heterocycles. The quantitative estimate of drug-likeness (QED) is 0.869. The normalized spacial score (nSPS) is 17.2. The molecule has 0 bridgehead atoms. The van der Waals surface area contributed by atoms with Crippen molar-refractivity contribution in [3.05, 3.63) is 23.3 Å². The second-order valence-corrected chi connectivity index (χ2v) is 5.48. The van der Waals surface area contributed by atoms with Gasteiger partial charge in [-0.05, 0) is 30.5 Å². The summed E-state index contributed by atoms with van der Waals surface area (Å²) in [5, 5.41) is 0. The van der Waals surface area contributed by atoms with Gasteiger partial charge in [0.15, 0.2) is 0 Å². The highest BCUT2D eigenvalue weighted by molar-refractivity contribution is 5.50. The Bertz CT molecular complexity index is 428. The lowest BCUT2D eigenvalue weighted by atomic mass is 9.78. The van der Waals surface area contributed by atoms with Crippen LogP contribution in [-0.4, -0.2) is 27.9 Å². The Hall–Kier alpha value is -1.26. The molecule has 4 nitrogen and oxygen atoms in total. The molecule has 0 saturated heterocycles. The molecule has 1 saturated carbocycles. The first-order valence-corrected chi connectivity index (χ1v) is 7.15. The highest BCUT2D eigenvalue weighted by atomic mass is 16.5. The fraction of sp³-hybridized carbons (Fsp3) is 0.625. The van der Waals surface area contributed by atoms with E-state index in [0.717, 1.165) is 29.9 Å². The van der Waals surface area contributed by atoms with Crippen LogP contribution in [0.5, 0.6) is 11.5 Å². The zero-order valence-electron chi connectivity index (χ0n) is 12.7. The lowest BCUT2D eigenvalue weighted by Crippen LogP contribution is -2.32. The van der Waals surface area contributed by atoms with Gasteiger partial charge in [-0.2, -0.15) is 0 Å². The maximum absolute atomic E-state index is 6.07. The van der Waals surface area contributed by atoms with Crippen LogP contribution in [0.3, 0.4) is 0 Å². The molecule has 0 spiro atoms. The summed E-state index contributed by atoms with van der Waals surface area (Å²) in [7, 11) is 5.04. The van der Waals surface area contributed by atoms with Crippen molar-refractivity contribution in [3.63, 3.8) is 0 Å². The number of rotatable bonds is 6. The van der Waals surface area contributed by atoms with E-state index >= 15 is 0 Å². The minimum absolute atomic E-state index is 0.0756. The second-order valence-electron chi connectivity index (χ2n) is 5.48. The number of nitrogens with two attached hydrogens (primary N) is 1. The first kappa shape index (κ1) is 15.1. The van der Waals surface area contributed by atoms with Gasteiger partial charge in [-0.15, -0.1) is 0 Å². The highest BCUT2D eigenvalue weighted by Gasteiger charge is 2.35. The molecule has 1 fully saturated rings. The first-order valence-electron chi connectivity index (χ1n) is 7.15. The van der Waals surface area contributed by atoms with Crippen molar-refractivity contribution in [2.75, 3.05) is 27.9 Å². The zero-order valence-corrected chi connectivity index (χ0v) is 12.7. The molecule has 0 unspecified atom stereocenters. The summed E-state index contributed by atoms with van der Waals surface area (Å²) in [6, 6.07) is 4.21. The average molecular weight is 279 g/mol. The van der Waals surface area contributed by atoms with Gasteiger partial charge in [-0.1, -0.05) is 12.8 Å². The van der Waals surface area contributed by atoms with Gasteiger partial charge >= 0.3 is 0 Å². The lowest BCUT2D eigenvalue weighted by Gasteiger charge is -2.29. The van der Waals surface area contributed by atoms with E-state index in [0.29, 0.717) is 13.2 Å². The third kappa shape index (κ3) is 2.63. The predicted octanol–water partition coefficient (Wildman–Crippen LogP) is 2.62. The van der Waals surface area contributed by atoms with Gasteiger partial charge in [-0.25, -0.2) is 0 Å². The molecule has 1 aliphatic rings. The van der Waals surface area contributed by atoms with E-state index in [2.05, 4.69) is 12.1 Å². The van der Waals surface area contributed by atoms with E-state index in [-0.39, 0.29) is 5.41 Å². The second kappa shape index (κ2) is 6.46. The van der Waals surface area contributed by atoms with Gasteiger partial charge in [0.05, 0.1) is 26.4 Å². The molecule has 2 N–H and O–H groups in total. The van der Waals surface area contributed by atoms with Crippen molar-refractivity contribution < 1.29 is 14.2 Å². The third-order valence-corrected chi connectivity index (χ3v) is 4.46. The molecule has 20 heavy (non-hydrogen) atoms. The number of hydrogen-bond acceptors (Lipinski definition) is 4. The van der Waals surface area contributed by atoms with Crippen LogP contribution in [0.1, 0.15) is 36.8 Å². The van der Waals surface area contributed by atoms with Gasteiger partial charge in [0.2, 0.25) is 0 Å². The molecular formula is C16H25NO3. The maximum Gasteiger partial charge on any atom is 0.128 e. The standard InChI is InChI=1S/C16H25NO3/c1-18-10-13-14(19-2)8-12(9-15(13)20-3)16(11-17)6-4-5-7-16/h8-9H,4-7,10-11,17H2,1-3H3. The van der Waals surface area contributed by atoms with Crippen LogP contribution in [0, 0.1) is 0 Å². The van der Waals surface area contributed by atoms with E-state index in [1.54, 1.807) is 21.3 Å². The van der Waals surface area contributed by atoms with Crippen molar-refractivity contribution in [2.24, 2.45) is 5.73 Å². The van der Waals surface area contributed by atoms with Gasteiger partial charge in [0.1, 0.15) is 11.5 Å². The Labute approximate surface area is 121 Å². The summed E-state index contributed by atoms with van der Waals surface area (Å²) >= 11 is 0. The minimum Gasteiger partial charge on any atom is -0.496 e. The molecular weight excluding hydrogens is 254 g/mol. The fourth-order valence-electron chi connectivity index (χ4n) is 3.24. The molecule has 0 atom stereocenters. The monoisotopic (exact) mass is 279 g/mol. The highest BCUT2D eigenvalue weighted by Crippen LogP contribution is 2.44. The average Bonchev–Trinajstić information content (AvgIpc) is 2.97. The molecule has 112 valence electrons. The minimum atomic E-state index is 0.0756. The van der Waals surface area contributed by atoms with Gasteiger partial charge < -0.3 is 19.9 Å². The summed E-state index contributed by atoms with van der Waals surface area (Å²) in [6.45, 7) is 1.14. The predicted molar refractivity (Wildman–Crippen MR) is 79.5 cm³/mol. The van der Waals surface area contributed by atoms with E-state index in [1.165, 1.54) is 18.4 Å². The molecule has 1 aromatic rings.